The number of benzene rings is 2. The van der Waals surface area contributed by atoms with Crippen molar-refractivity contribution in [2.24, 2.45) is 11.8 Å². The van der Waals surface area contributed by atoms with Gasteiger partial charge >= 0.3 is 11.9 Å². The Morgan fingerprint density at radius 3 is 2.33 bits per heavy atom. The maximum Gasteiger partial charge on any atom is 0.313 e. The van der Waals surface area contributed by atoms with Crippen LogP contribution in [0, 0.1) is 11.8 Å². The summed E-state index contributed by atoms with van der Waals surface area (Å²) in [5.74, 6) is 0.626. The highest BCUT2D eigenvalue weighted by atomic mass is 16.7. The molecule has 0 N–H and O–H groups in total. The highest BCUT2D eigenvalue weighted by molar-refractivity contribution is 5.77. The van der Waals surface area contributed by atoms with Gasteiger partial charge in [0.1, 0.15) is 12.0 Å². The molecule has 1 saturated heterocycles. The lowest BCUT2D eigenvalue weighted by molar-refractivity contribution is -0.155. The number of rotatable bonds is 8. The van der Waals surface area contributed by atoms with Crippen LogP contribution in [0.1, 0.15) is 24.2 Å². The number of methoxy groups -OCH3 is 3. The van der Waals surface area contributed by atoms with Crippen molar-refractivity contribution in [3.63, 3.8) is 0 Å². The fourth-order valence-corrected chi connectivity index (χ4v) is 4.30. The Balaban J connectivity index is 1.69. The van der Waals surface area contributed by atoms with Gasteiger partial charge in [0.2, 0.25) is 12.5 Å². The molecule has 176 valence electrons. The Morgan fingerprint density at radius 1 is 1.00 bits per heavy atom. The van der Waals surface area contributed by atoms with Crippen molar-refractivity contribution in [2.45, 2.75) is 19.4 Å². The molecule has 0 saturated carbocycles. The van der Waals surface area contributed by atoms with Gasteiger partial charge in [0.15, 0.2) is 23.0 Å². The van der Waals surface area contributed by atoms with Gasteiger partial charge in [0, 0.05) is 18.4 Å². The molecule has 2 aromatic rings. The van der Waals surface area contributed by atoms with Crippen LogP contribution >= 0.6 is 0 Å². The van der Waals surface area contributed by atoms with Gasteiger partial charge in [-0.25, -0.2) is 0 Å². The van der Waals surface area contributed by atoms with Crippen molar-refractivity contribution in [1.29, 1.82) is 0 Å². The SMILES string of the molecule is COc1cc([C@@H](OC(C)=O)[C@H]2C(=O)OC[C@@H]2Cc2ccc3c(c2)OCO3)cc(OC)c1OC. The second kappa shape index (κ2) is 9.48. The van der Waals surface area contributed by atoms with Gasteiger partial charge in [-0.05, 0) is 36.2 Å². The van der Waals surface area contributed by atoms with Crippen LogP contribution in [-0.4, -0.2) is 46.7 Å². The Morgan fingerprint density at radius 2 is 1.70 bits per heavy atom. The van der Waals surface area contributed by atoms with E-state index < -0.39 is 24.0 Å². The Labute approximate surface area is 191 Å². The van der Waals surface area contributed by atoms with Gasteiger partial charge in [-0.2, -0.15) is 0 Å². The zero-order valence-corrected chi connectivity index (χ0v) is 18.9. The summed E-state index contributed by atoms with van der Waals surface area (Å²) in [6, 6.07) is 9.01. The molecule has 0 unspecified atom stereocenters. The first kappa shape index (κ1) is 22.6. The molecule has 0 radical (unpaired) electrons. The molecule has 0 amide bonds. The molecule has 2 aromatic carbocycles. The number of ether oxygens (including phenoxy) is 7. The third kappa shape index (κ3) is 4.48. The Kier molecular flexibility index (Phi) is 6.48. The second-order valence-corrected chi connectivity index (χ2v) is 7.80. The number of cyclic esters (lactones) is 1. The highest BCUT2D eigenvalue weighted by Crippen LogP contribution is 2.45. The third-order valence-electron chi connectivity index (χ3n) is 5.79. The molecular formula is C24H26O9. The first-order valence-corrected chi connectivity index (χ1v) is 10.5. The summed E-state index contributed by atoms with van der Waals surface area (Å²) in [4.78, 5) is 24.9. The predicted octanol–water partition coefficient (Wildman–Crippen LogP) is 3.08. The van der Waals surface area contributed by atoms with E-state index in [1.807, 2.05) is 18.2 Å². The highest BCUT2D eigenvalue weighted by Gasteiger charge is 2.45. The van der Waals surface area contributed by atoms with E-state index in [1.165, 1.54) is 28.3 Å². The van der Waals surface area contributed by atoms with Crippen molar-refractivity contribution >= 4 is 11.9 Å². The summed E-state index contributed by atoms with van der Waals surface area (Å²) in [5.41, 5.74) is 1.50. The maximum atomic E-state index is 12.8. The number of hydrogen-bond donors (Lipinski definition) is 0. The van der Waals surface area contributed by atoms with Crippen molar-refractivity contribution < 1.29 is 42.7 Å². The van der Waals surface area contributed by atoms with Crippen molar-refractivity contribution in [2.75, 3.05) is 34.7 Å². The van der Waals surface area contributed by atoms with Crippen molar-refractivity contribution in [1.82, 2.24) is 0 Å². The zero-order valence-electron chi connectivity index (χ0n) is 18.9. The molecule has 0 spiro atoms. The topological polar surface area (TPSA) is 98.8 Å². The largest absolute Gasteiger partial charge is 0.493 e. The Hall–Kier alpha value is -3.62. The van der Waals surface area contributed by atoms with E-state index in [9.17, 15) is 9.59 Å². The van der Waals surface area contributed by atoms with Crippen LogP contribution in [0.15, 0.2) is 30.3 Å². The second-order valence-electron chi connectivity index (χ2n) is 7.80. The van der Waals surface area contributed by atoms with E-state index in [0.717, 1.165) is 5.56 Å². The molecule has 0 aliphatic carbocycles. The minimum atomic E-state index is -0.898. The summed E-state index contributed by atoms with van der Waals surface area (Å²) in [5, 5.41) is 0. The number of carbonyl (C=O) groups excluding carboxylic acids is 2. The minimum Gasteiger partial charge on any atom is -0.493 e. The average molecular weight is 458 g/mol. The van der Waals surface area contributed by atoms with Gasteiger partial charge < -0.3 is 33.2 Å². The Bertz CT molecular complexity index is 1020. The van der Waals surface area contributed by atoms with E-state index in [1.54, 1.807) is 12.1 Å². The average Bonchev–Trinajstić information content (AvgIpc) is 3.42. The normalized spacial score (nSPS) is 19.6. The van der Waals surface area contributed by atoms with E-state index in [4.69, 9.17) is 33.2 Å². The maximum absolute atomic E-state index is 12.8. The summed E-state index contributed by atoms with van der Waals surface area (Å²) in [6.07, 6.45) is -0.375. The van der Waals surface area contributed by atoms with Crippen LogP contribution in [0.5, 0.6) is 28.7 Å². The number of hydrogen-bond acceptors (Lipinski definition) is 9. The lowest BCUT2D eigenvalue weighted by atomic mass is 9.82. The summed E-state index contributed by atoms with van der Waals surface area (Å²) in [7, 11) is 4.49. The lowest BCUT2D eigenvalue weighted by Crippen LogP contribution is -2.28. The zero-order chi connectivity index (χ0) is 23.5. The monoisotopic (exact) mass is 458 g/mol. The van der Waals surface area contributed by atoms with Gasteiger partial charge in [0.05, 0.1) is 27.9 Å². The summed E-state index contributed by atoms with van der Waals surface area (Å²) in [6.45, 7) is 1.69. The summed E-state index contributed by atoms with van der Waals surface area (Å²) >= 11 is 0. The van der Waals surface area contributed by atoms with E-state index in [0.29, 0.717) is 40.7 Å². The standard InChI is InChI=1S/C24H26O9/c1-13(25)33-22(15-9-19(27-2)23(29-4)20(10-15)28-3)21-16(11-30-24(21)26)7-14-5-6-17-18(8-14)32-12-31-17/h5-6,8-10,16,21-22H,7,11-12H2,1-4H3/t16-,21-,22+/m0/s1. The smallest absolute Gasteiger partial charge is 0.313 e. The fraction of sp³-hybridized carbons (Fsp3) is 0.417. The molecule has 1 fully saturated rings. The number of esters is 2. The quantitative estimate of drug-likeness (QED) is 0.553. The number of carbonyl (C=O) groups is 2. The molecule has 4 rings (SSSR count). The van der Waals surface area contributed by atoms with Crippen molar-refractivity contribution in [3.8, 4) is 28.7 Å². The molecular weight excluding hydrogens is 432 g/mol. The van der Waals surface area contributed by atoms with Gasteiger partial charge in [-0.3, -0.25) is 9.59 Å². The first-order chi connectivity index (χ1) is 15.9. The molecule has 9 nitrogen and oxygen atoms in total. The molecule has 2 heterocycles. The molecule has 3 atom stereocenters. The molecule has 9 heteroatoms. The molecule has 2 aliphatic rings. The van der Waals surface area contributed by atoms with Crippen LogP contribution in [-0.2, 0) is 25.5 Å². The molecule has 2 aliphatic heterocycles. The van der Waals surface area contributed by atoms with Crippen LogP contribution in [0.25, 0.3) is 0 Å². The summed E-state index contributed by atoms with van der Waals surface area (Å²) < 4.78 is 38.2. The van der Waals surface area contributed by atoms with Gasteiger partial charge in [-0.1, -0.05) is 6.07 Å². The van der Waals surface area contributed by atoms with E-state index >= 15 is 0 Å². The number of fused-ring (bicyclic) bond motifs is 1. The van der Waals surface area contributed by atoms with Crippen LogP contribution in [0.3, 0.4) is 0 Å². The van der Waals surface area contributed by atoms with Gasteiger partial charge in [-0.15, -0.1) is 0 Å². The predicted molar refractivity (Wildman–Crippen MR) is 115 cm³/mol. The van der Waals surface area contributed by atoms with Crippen LogP contribution in [0.4, 0.5) is 0 Å². The van der Waals surface area contributed by atoms with Crippen LogP contribution < -0.4 is 23.7 Å². The first-order valence-electron chi connectivity index (χ1n) is 10.5. The molecule has 0 aromatic heterocycles. The lowest BCUT2D eigenvalue weighted by Gasteiger charge is -2.26. The van der Waals surface area contributed by atoms with Crippen molar-refractivity contribution in [3.05, 3.63) is 41.5 Å². The van der Waals surface area contributed by atoms with E-state index in [2.05, 4.69) is 0 Å². The van der Waals surface area contributed by atoms with Crippen LogP contribution in [0.2, 0.25) is 0 Å². The minimum absolute atomic E-state index is 0.183. The fourth-order valence-electron chi connectivity index (χ4n) is 4.30. The molecule has 0 bridgehead atoms. The van der Waals surface area contributed by atoms with E-state index in [-0.39, 0.29) is 19.3 Å². The molecule has 33 heavy (non-hydrogen) atoms. The third-order valence-corrected chi connectivity index (χ3v) is 5.79. The van der Waals surface area contributed by atoms with Gasteiger partial charge in [0.25, 0.3) is 0 Å².